The van der Waals surface area contributed by atoms with Gasteiger partial charge in [0, 0.05) is 51.5 Å². The van der Waals surface area contributed by atoms with Crippen LogP contribution in [0.5, 0.6) is 0 Å². The summed E-state index contributed by atoms with van der Waals surface area (Å²) in [7, 11) is 7.49. The number of nitrogens with zero attached hydrogens (tertiary/aromatic N) is 4. The molecule has 5 nitrogen and oxygen atoms in total. The monoisotopic (exact) mass is 340 g/mol. The third-order valence-corrected chi connectivity index (χ3v) is 5.05. The predicted molar refractivity (Wildman–Crippen MR) is 102 cm³/mol. The highest BCUT2D eigenvalue weighted by atomic mass is 32.2. The molecule has 0 radical (unpaired) electrons. The number of likely N-dealkylation sites (N-methyl/N-ethyl adjacent to an activating group) is 1. The number of benzene rings is 1. The molecule has 2 aromatic rings. The Labute approximate surface area is 146 Å². The van der Waals surface area contributed by atoms with Crippen molar-refractivity contribution in [1.82, 2.24) is 9.47 Å². The molecule has 124 valence electrons. The molecule has 1 aromatic carbocycles. The van der Waals surface area contributed by atoms with Gasteiger partial charge in [0.25, 0.3) is 5.91 Å². The highest BCUT2D eigenvalue weighted by Crippen LogP contribution is 2.31. The largest absolute Gasteiger partial charge is 0.378 e. The summed E-state index contributed by atoms with van der Waals surface area (Å²) in [6.45, 7) is 0. The molecule has 0 unspecified atom stereocenters. The highest BCUT2D eigenvalue weighted by Gasteiger charge is 2.29. The van der Waals surface area contributed by atoms with Crippen molar-refractivity contribution in [2.24, 2.45) is 4.99 Å². The zero-order valence-electron chi connectivity index (χ0n) is 14.2. The Morgan fingerprint density at radius 2 is 1.88 bits per heavy atom. The van der Waals surface area contributed by atoms with Crippen LogP contribution in [-0.4, -0.2) is 48.7 Å². The predicted octanol–water partition coefficient (Wildman–Crippen LogP) is 3.08. The van der Waals surface area contributed by atoms with Gasteiger partial charge in [0.05, 0.1) is 4.91 Å². The lowest BCUT2D eigenvalue weighted by Crippen LogP contribution is -2.23. The molecule has 2 heterocycles. The van der Waals surface area contributed by atoms with E-state index in [1.54, 1.807) is 19.0 Å². The maximum Gasteiger partial charge on any atom is 0.266 e. The first-order chi connectivity index (χ1) is 11.5. The Kier molecular flexibility index (Phi) is 4.49. The first-order valence-corrected chi connectivity index (χ1v) is 8.42. The fourth-order valence-corrected chi connectivity index (χ4v) is 3.45. The van der Waals surface area contributed by atoms with Gasteiger partial charge < -0.3 is 9.47 Å². The Morgan fingerprint density at radius 1 is 1.17 bits per heavy atom. The Morgan fingerprint density at radius 3 is 2.46 bits per heavy atom. The minimum atomic E-state index is -0.0173. The summed E-state index contributed by atoms with van der Waals surface area (Å²) in [6.07, 6.45) is 3.92. The van der Waals surface area contributed by atoms with Crippen LogP contribution in [0.1, 0.15) is 5.69 Å². The van der Waals surface area contributed by atoms with Gasteiger partial charge in [-0.1, -0.05) is 0 Å². The first kappa shape index (κ1) is 16.4. The number of carbonyl (C=O) groups excluding carboxylic acids is 1. The fourth-order valence-electron chi connectivity index (χ4n) is 2.54. The van der Waals surface area contributed by atoms with Gasteiger partial charge in [-0.15, -0.1) is 0 Å². The number of rotatable bonds is 3. The standard InChI is InChI=1S/C18H20N4OS/c1-19-18-21(4)17(23)16(24-18)12-15-6-5-11-22(15)14-9-7-13(8-10-14)20(2)3/h5-12H,1-4H3/b16-12+,19-18?. The summed E-state index contributed by atoms with van der Waals surface area (Å²) in [5, 5.41) is 0.722. The van der Waals surface area contributed by atoms with Crippen molar-refractivity contribution in [3.8, 4) is 5.69 Å². The molecule has 0 N–H and O–H groups in total. The second kappa shape index (κ2) is 6.57. The molecular formula is C18H20N4OS. The van der Waals surface area contributed by atoms with Crippen molar-refractivity contribution >= 4 is 34.6 Å². The third kappa shape index (κ3) is 2.97. The van der Waals surface area contributed by atoms with Gasteiger partial charge in [0.15, 0.2) is 5.17 Å². The van der Waals surface area contributed by atoms with E-state index in [0.717, 1.165) is 22.2 Å². The molecule has 24 heavy (non-hydrogen) atoms. The van der Waals surface area contributed by atoms with E-state index >= 15 is 0 Å². The van der Waals surface area contributed by atoms with Crippen LogP contribution in [0, 0.1) is 0 Å². The van der Waals surface area contributed by atoms with E-state index in [0.29, 0.717) is 4.91 Å². The Hall–Kier alpha value is -2.47. The second-order valence-corrected chi connectivity index (χ2v) is 6.70. The van der Waals surface area contributed by atoms with E-state index in [2.05, 4.69) is 38.7 Å². The summed E-state index contributed by atoms with van der Waals surface area (Å²) in [5.74, 6) is -0.0173. The lowest BCUT2D eigenvalue weighted by Gasteiger charge is -2.13. The Bertz CT molecular complexity index is 818. The van der Waals surface area contributed by atoms with E-state index < -0.39 is 0 Å². The normalized spacial score (nSPS) is 18.0. The summed E-state index contributed by atoms with van der Waals surface area (Å²) in [6, 6.07) is 12.3. The van der Waals surface area contributed by atoms with Gasteiger partial charge in [-0.3, -0.25) is 14.7 Å². The van der Waals surface area contributed by atoms with Crippen LogP contribution in [0.4, 0.5) is 5.69 Å². The summed E-state index contributed by atoms with van der Waals surface area (Å²) in [5.41, 5.74) is 3.18. The van der Waals surface area contributed by atoms with Gasteiger partial charge in [-0.2, -0.15) is 0 Å². The summed E-state index contributed by atoms with van der Waals surface area (Å²) in [4.78, 5) is 20.8. The van der Waals surface area contributed by atoms with Crippen molar-refractivity contribution < 1.29 is 4.79 Å². The molecule has 1 fully saturated rings. The van der Waals surface area contributed by atoms with Gasteiger partial charge in [-0.25, -0.2) is 0 Å². The minimum Gasteiger partial charge on any atom is -0.378 e. The molecular weight excluding hydrogens is 320 g/mol. The van der Waals surface area contributed by atoms with Crippen LogP contribution < -0.4 is 4.90 Å². The maximum absolute atomic E-state index is 12.3. The molecule has 1 amide bonds. The van der Waals surface area contributed by atoms with Gasteiger partial charge in [-0.05, 0) is 54.2 Å². The van der Waals surface area contributed by atoms with Crippen LogP contribution in [-0.2, 0) is 4.79 Å². The van der Waals surface area contributed by atoms with Crippen molar-refractivity contribution in [1.29, 1.82) is 0 Å². The van der Waals surface area contributed by atoms with Crippen molar-refractivity contribution in [3.63, 3.8) is 0 Å². The first-order valence-electron chi connectivity index (χ1n) is 7.61. The van der Waals surface area contributed by atoms with Crippen molar-refractivity contribution in [3.05, 3.63) is 53.2 Å². The molecule has 3 rings (SSSR count). The second-order valence-electron chi connectivity index (χ2n) is 5.69. The molecule has 0 saturated carbocycles. The van der Waals surface area contributed by atoms with Crippen LogP contribution in [0.15, 0.2) is 52.5 Å². The number of aromatic nitrogens is 1. The van der Waals surface area contributed by atoms with E-state index in [1.807, 2.05) is 38.5 Å². The number of carbonyl (C=O) groups is 1. The molecule has 1 aromatic heterocycles. The van der Waals surface area contributed by atoms with Crippen LogP contribution in [0.2, 0.25) is 0 Å². The lowest BCUT2D eigenvalue weighted by molar-refractivity contribution is -0.121. The zero-order valence-corrected chi connectivity index (χ0v) is 15.0. The highest BCUT2D eigenvalue weighted by molar-refractivity contribution is 8.18. The number of amidine groups is 1. The topological polar surface area (TPSA) is 40.8 Å². The average Bonchev–Trinajstić information content (AvgIpc) is 3.15. The third-order valence-electron chi connectivity index (χ3n) is 3.90. The van der Waals surface area contributed by atoms with Crippen LogP contribution in [0.25, 0.3) is 11.8 Å². The number of thioether (sulfide) groups is 1. The van der Waals surface area contributed by atoms with Crippen LogP contribution >= 0.6 is 11.8 Å². The SMILES string of the molecule is CN=C1S/C(=C/c2cccn2-c2ccc(N(C)C)cc2)C(=O)N1C. The van der Waals surface area contributed by atoms with Crippen LogP contribution in [0.3, 0.4) is 0 Å². The number of anilines is 1. The molecule has 1 saturated heterocycles. The van der Waals surface area contributed by atoms with Crippen molar-refractivity contribution in [2.45, 2.75) is 0 Å². The smallest absolute Gasteiger partial charge is 0.266 e. The molecule has 0 spiro atoms. The summed E-state index contributed by atoms with van der Waals surface area (Å²) < 4.78 is 2.07. The number of amides is 1. The molecule has 0 bridgehead atoms. The Balaban J connectivity index is 1.94. The molecule has 1 aliphatic rings. The van der Waals surface area contributed by atoms with Crippen molar-refractivity contribution in [2.75, 3.05) is 33.1 Å². The molecule has 0 atom stereocenters. The lowest BCUT2D eigenvalue weighted by atomic mass is 10.2. The maximum atomic E-state index is 12.3. The quantitative estimate of drug-likeness (QED) is 0.806. The molecule has 6 heteroatoms. The summed E-state index contributed by atoms with van der Waals surface area (Å²) >= 11 is 1.40. The zero-order chi connectivity index (χ0) is 17.3. The number of hydrogen-bond donors (Lipinski definition) is 0. The number of hydrogen-bond acceptors (Lipinski definition) is 4. The van der Waals surface area contributed by atoms with Gasteiger partial charge >= 0.3 is 0 Å². The van der Waals surface area contributed by atoms with E-state index in [9.17, 15) is 4.79 Å². The van der Waals surface area contributed by atoms with Gasteiger partial charge in [0.1, 0.15) is 0 Å². The minimum absolute atomic E-state index is 0.0173. The van der Waals surface area contributed by atoms with E-state index in [1.165, 1.54) is 11.8 Å². The van der Waals surface area contributed by atoms with E-state index in [4.69, 9.17) is 0 Å². The fraction of sp³-hybridized carbons (Fsp3) is 0.222. The average molecular weight is 340 g/mol. The molecule has 0 aliphatic carbocycles. The number of aliphatic imine (C=N–C) groups is 1. The van der Waals surface area contributed by atoms with Gasteiger partial charge in [0.2, 0.25) is 0 Å². The van der Waals surface area contributed by atoms with E-state index in [-0.39, 0.29) is 5.91 Å². The molecule has 1 aliphatic heterocycles.